The molecule has 3 heteroatoms. The maximum Gasteiger partial charge on any atom is 0.302 e. The molecule has 0 amide bonds. The third-order valence-electron chi connectivity index (χ3n) is 3.47. The molecule has 0 aliphatic heterocycles. The molecule has 0 saturated heterocycles. The molecule has 2 aromatic carbocycles. The van der Waals surface area contributed by atoms with Crippen molar-refractivity contribution in [1.82, 2.24) is 0 Å². The second-order valence-corrected chi connectivity index (χ2v) is 5.92. The molecular formula is C16H13IO2. The molecule has 1 aliphatic rings. The van der Waals surface area contributed by atoms with Gasteiger partial charge >= 0.3 is 5.97 Å². The van der Waals surface area contributed by atoms with Gasteiger partial charge in [-0.05, 0) is 57.0 Å². The van der Waals surface area contributed by atoms with Crippen molar-refractivity contribution in [2.45, 2.75) is 12.8 Å². The lowest BCUT2D eigenvalue weighted by Gasteiger charge is -2.13. The van der Waals surface area contributed by atoms with Gasteiger partial charge in [0, 0.05) is 16.4 Å². The summed E-state index contributed by atoms with van der Waals surface area (Å²) in [5.41, 5.74) is 5.02. The van der Waals surface area contributed by atoms with Crippen molar-refractivity contribution in [3.05, 3.63) is 57.2 Å². The number of benzene rings is 2. The molecule has 0 bridgehead atoms. The number of hydrogen-bond donors (Lipinski definition) is 0. The van der Waals surface area contributed by atoms with E-state index in [1.54, 1.807) is 0 Å². The van der Waals surface area contributed by atoms with Crippen molar-refractivity contribution in [3.8, 4) is 11.1 Å². The maximum absolute atomic E-state index is 11.1. The maximum atomic E-state index is 11.1. The van der Waals surface area contributed by atoms with Crippen LogP contribution >= 0.6 is 22.6 Å². The van der Waals surface area contributed by atoms with Crippen LogP contribution in [0.1, 0.15) is 24.0 Å². The molecule has 0 radical (unpaired) electrons. The van der Waals surface area contributed by atoms with Gasteiger partial charge in [-0.25, -0.2) is 0 Å². The standard InChI is InChI=1S/C16H13IO2/c1-10(18)19-9-16-13-5-3-2-4-12(13)14-7-6-11(17)8-15(14)16/h2-8,16H,9H2,1H3. The summed E-state index contributed by atoms with van der Waals surface area (Å²) in [6, 6.07) is 14.8. The Kier molecular flexibility index (Phi) is 3.31. The summed E-state index contributed by atoms with van der Waals surface area (Å²) < 4.78 is 6.44. The molecule has 0 fully saturated rings. The van der Waals surface area contributed by atoms with E-state index in [-0.39, 0.29) is 11.9 Å². The number of carbonyl (C=O) groups excluding carboxylic acids is 1. The summed E-state index contributed by atoms with van der Waals surface area (Å²) >= 11 is 2.32. The Labute approximate surface area is 125 Å². The fourth-order valence-corrected chi connectivity index (χ4v) is 3.18. The largest absolute Gasteiger partial charge is 0.465 e. The highest BCUT2D eigenvalue weighted by Gasteiger charge is 2.29. The Morgan fingerprint density at radius 3 is 2.68 bits per heavy atom. The van der Waals surface area contributed by atoms with E-state index < -0.39 is 0 Å². The minimum Gasteiger partial charge on any atom is -0.465 e. The highest BCUT2D eigenvalue weighted by molar-refractivity contribution is 14.1. The van der Waals surface area contributed by atoms with Gasteiger partial charge in [-0.3, -0.25) is 4.79 Å². The molecule has 2 aromatic rings. The molecule has 1 aliphatic carbocycles. The summed E-state index contributed by atoms with van der Waals surface area (Å²) in [6.07, 6.45) is 0. The normalized spacial score (nSPS) is 15.8. The van der Waals surface area contributed by atoms with Gasteiger partial charge in [0.15, 0.2) is 0 Å². The third-order valence-corrected chi connectivity index (χ3v) is 4.14. The van der Waals surface area contributed by atoms with E-state index in [1.807, 2.05) is 6.07 Å². The Bertz CT molecular complexity index is 649. The van der Waals surface area contributed by atoms with Crippen LogP contribution < -0.4 is 0 Å². The van der Waals surface area contributed by atoms with Crippen molar-refractivity contribution in [1.29, 1.82) is 0 Å². The quantitative estimate of drug-likeness (QED) is 0.596. The van der Waals surface area contributed by atoms with Crippen LogP contribution in [-0.2, 0) is 9.53 Å². The van der Waals surface area contributed by atoms with E-state index in [1.165, 1.54) is 32.7 Å². The predicted molar refractivity (Wildman–Crippen MR) is 83.1 cm³/mol. The minimum absolute atomic E-state index is 0.157. The Morgan fingerprint density at radius 1 is 1.16 bits per heavy atom. The van der Waals surface area contributed by atoms with Crippen LogP contribution in [0, 0.1) is 3.57 Å². The molecule has 0 aromatic heterocycles. The SMILES string of the molecule is CC(=O)OCC1c2ccccc2-c2ccc(I)cc21. The summed E-state index contributed by atoms with van der Waals surface area (Å²) in [4.78, 5) is 11.1. The number of ether oxygens (including phenoxy) is 1. The van der Waals surface area contributed by atoms with Crippen molar-refractivity contribution >= 4 is 28.6 Å². The van der Waals surface area contributed by atoms with Crippen LogP contribution in [-0.4, -0.2) is 12.6 Å². The van der Waals surface area contributed by atoms with Gasteiger partial charge in [-0.15, -0.1) is 0 Å². The Balaban J connectivity index is 2.09. The molecule has 1 unspecified atom stereocenters. The van der Waals surface area contributed by atoms with Gasteiger partial charge in [0.1, 0.15) is 6.61 Å². The Morgan fingerprint density at radius 2 is 1.89 bits per heavy atom. The molecule has 0 spiro atoms. The zero-order valence-electron chi connectivity index (χ0n) is 10.5. The van der Waals surface area contributed by atoms with E-state index in [0.717, 1.165) is 0 Å². The second kappa shape index (κ2) is 4.96. The molecular weight excluding hydrogens is 351 g/mol. The smallest absolute Gasteiger partial charge is 0.302 e. The lowest BCUT2D eigenvalue weighted by atomic mass is 9.98. The van der Waals surface area contributed by atoms with Crippen molar-refractivity contribution < 1.29 is 9.53 Å². The monoisotopic (exact) mass is 364 g/mol. The van der Waals surface area contributed by atoms with Gasteiger partial charge in [0.05, 0.1) is 0 Å². The van der Waals surface area contributed by atoms with Gasteiger partial charge in [0.25, 0.3) is 0 Å². The number of rotatable bonds is 2. The van der Waals surface area contributed by atoms with Crippen LogP contribution in [0.2, 0.25) is 0 Å². The summed E-state index contributed by atoms with van der Waals surface area (Å²) in [6.45, 7) is 1.87. The van der Waals surface area contributed by atoms with Crippen LogP contribution in [0.25, 0.3) is 11.1 Å². The third kappa shape index (κ3) is 2.27. The first-order valence-corrected chi connectivity index (χ1v) is 7.27. The first-order chi connectivity index (χ1) is 9.16. The van der Waals surface area contributed by atoms with E-state index in [0.29, 0.717) is 6.61 Å². The lowest BCUT2D eigenvalue weighted by Crippen LogP contribution is -2.10. The number of esters is 1. The van der Waals surface area contributed by atoms with Gasteiger partial charge < -0.3 is 4.74 Å². The van der Waals surface area contributed by atoms with Crippen molar-refractivity contribution in [3.63, 3.8) is 0 Å². The molecule has 1 atom stereocenters. The molecule has 0 N–H and O–H groups in total. The minimum atomic E-state index is -0.225. The Hall–Kier alpha value is -1.36. The average molecular weight is 364 g/mol. The van der Waals surface area contributed by atoms with E-state index in [4.69, 9.17) is 4.74 Å². The molecule has 2 nitrogen and oxygen atoms in total. The average Bonchev–Trinajstić information content (AvgIpc) is 2.69. The number of fused-ring (bicyclic) bond motifs is 3. The first kappa shape index (κ1) is 12.7. The van der Waals surface area contributed by atoms with Crippen molar-refractivity contribution in [2.24, 2.45) is 0 Å². The topological polar surface area (TPSA) is 26.3 Å². The summed E-state index contributed by atoms with van der Waals surface area (Å²) in [5, 5.41) is 0. The van der Waals surface area contributed by atoms with Gasteiger partial charge in [-0.1, -0.05) is 30.3 Å². The molecule has 0 saturated carbocycles. The fraction of sp³-hybridized carbons (Fsp3) is 0.188. The van der Waals surface area contributed by atoms with E-state index >= 15 is 0 Å². The van der Waals surface area contributed by atoms with E-state index in [2.05, 4.69) is 59.0 Å². The van der Waals surface area contributed by atoms with Gasteiger partial charge in [0.2, 0.25) is 0 Å². The zero-order chi connectivity index (χ0) is 13.4. The lowest BCUT2D eigenvalue weighted by molar-refractivity contribution is -0.141. The summed E-state index contributed by atoms with van der Waals surface area (Å²) in [5.74, 6) is -0.0682. The number of halogens is 1. The fourth-order valence-electron chi connectivity index (χ4n) is 2.66. The highest BCUT2D eigenvalue weighted by atomic mass is 127. The van der Waals surface area contributed by atoms with Crippen LogP contribution in [0.5, 0.6) is 0 Å². The van der Waals surface area contributed by atoms with Crippen LogP contribution in [0.3, 0.4) is 0 Å². The van der Waals surface area contributed by atoms with Gasteiger partial charge in [-0.2, -0.15) is 0 Å². The van der Waals surface area contributed by atoms with Crippen molar-refractivity contribution in [2.75, 3.05) is 6.61 Å². The molecule has 0 heterocycles. The summed E-state index contributed by atoms with van der Waals surface area (Å²) in [7, 11) is 0. The number of carbonyl (C=O) groups is 1. The zero-order valence-corrected chi connectivity index (χ0v) is 12.7. The van der Waals surface area contributed by atoms with Crippen LogP contribution in [0.15, 0.2) is 42.5 Å². The van der Waals surface area contributed by atoms with Crippen LogP contribution in [0.4, 0.5) is 0 Å². The van der Waals surface area contributed by atoms with E-state index in [9.17, 15) is 4.79 Å². The first-order valence-electron chi connectivity index (χ1n) is 6.19. The molecule has 3 rings (SSSR count). The number of hydrogen-bond acceptors (Lipinski definition) is 2. The predicted octanol–water partition coefficient (Wildman–Crippen LogP) is 3.97. The molecule has 96 valence electrons. The highest BCUT2D eigenvalue weighted by Crippen LogP contribution is 2.45. The molecule has 19 heavy (non-hydrogen) atoms. The second-order valence-electron chi connectivity index (χ2n) is 4.67.